The summed E-state index contributed by atoms with van der Waals surface area (Å²) in [4.78, 5) is 38.7. The fourth-order valence-electron chi connectivity index (χ4n) is 3.33. The van der Waals surface area contributed by atoms with Crippen LogP contribution in [0.3, 0.4) is 0 Å². The van der Waals surface area contributed by atoms with Crippen molar-refractivity contribution in [2.24, 2.45) is 0 Å². The molecule has 3 aromatic carbocycles. The second-order valence-corrected chi connectivity index (χ2v) is 8.85. The largest absolute Gasteiger partial charge is 0.494 e. The minimum atomic E-state index is -4.07. The zero-order valence-corrected chi connectivity index (χ0v) is 19.3. The maximum absolute atomic E-state index is 13.1. The molecule has 0 radical (unpaired) electrons. The number of nitrogens with zero attached hydrogens (tertiary/aromatic N) is 1. The lowest BCUT2D eigenvalue weighted by Gasteiger charge is -2.26. The molecule has 1 N–H and O–H groups in total. The lowest BCUT2D eigenvalue weighted by atomic mass is 10.1. The Morgan fingerprint density at radius 2 is 1.60 bits per heavy atom. The Balaban J connectivity index is 1.61. The molecule has 1 heterocycles. The average molecular weight is 493 g/mol. The first-order chi connectivity index (χ1) is 16.8. The Labute approximate surface area is 201 Å². The zero-order valence-electron chi connectivity index (χ0n) is 18.5. The van der Waals surface area contributed by atoms with Gasteiger partial charge in [-0.15, -0.1) is 0 Å². The van der Waals surface area contributed by atoms with Crippen molar-refractivity contribution in [3.8, 4) is 11.5 Å². The van der Waals surface area contributed by atoms with Crippen LogP contribution in [-0.2, 0) is 19.7 Å². The van der Waals surface area contributed by atoms with Crippen LogP contribution in [0.15, 0.2) is 89.3 Å². The van der Waals surface area contributed by atoms with Crippen molar-refractivity contribution >= 4 is 39.7 Å². The number of nitrogens with one attached hydrogen (secondary N) is 1. The van der Waals surface area contributed by atoms with Gasteiger partial charge in [0.25, 0.3) is 11.8 Å². The molecule has 1 fully saturated rings. The van der Waals surface area contributed by atoms with Gasteiger partial charge in [0.2, 0.25) is 0 Å². The van der Waals surface area contributed by atoms with E-state index in [1.54, 1.807) is 36.4 Å². The predicted octanol–water partition coefficient (Wildman–Crippen LogP) is 3.52. The van der Waals surface area contributed by atoms with Gasteiger partial charge in [0.15, 0.2) is 0 Å². The summed E-state index contributed by atoms with van der Waals surface area (Å²) in [5.74, 6) is -1.14. The topological polar surface area (TPSA) is 119 Å². The number of imide groups is 2. The van der Waals surface area contributed by atoms with E-state index in [1.165, 1.54) is 48.5 Å². The molecule has 3 aromatic rings. The fraction of sp³-hybridized carbons (Fsp3) is 0.0800. The Kier molecular flexibility index (Phi) is 6.65. The van der Waals surface area contributed by atoms with E-state index in [4.69, 9.17) is 8.92 Å². The van der Waals surface area contributed by atoms with Gasteiger partial charge in [-0.05, 0) is 67.1 Å². The number of hydrogen-bond donors (Lipinski definition) is 1. The van der Waals surface area contributed by atoms with Gasteiger partial charge in [-0.1, -0.05) is 30.3 Å². The number of carbonyl (C=O) groups is 3. The van der Waals surface area contributed by atoms with E-state index >= 15 is 0 Å². The monoisotopic (exact) mass is 492 g/mol. The molecule has 1 aliphatic rings. The summed E-state index contributed by atoms with van der Waals surface area (Å²) in [6.07, 6.45) is 1.26. The van der Waals surface area contributed by atoms with Gasteiger partial charge < -0.3 is 8.92 Å². The number of benzene rings is 3. The van der Waals surface area contributed by atoms with Gasteiger partial charge >= 0.3 is 16.1 Å². The second-order valence-electron chi connectivity index (χ2n) is 7.31. The third kappa shape index (κ3) is 5.22. The first-order valence-electron chi connectivity index (χ1n) is 10.5. The minimum Gasteiger partial charge on any atom is -0.494 e. The second kappa shape index (κ2) is 9.82. The Bertz CT molecular complexity index is 1420. The van der Waals surface area contributed by atoms with E-state index in [1.807, 2.05) is 6.92 Å². The van der Waals surface area contributed by atoms with Crippen molar-refractivity contribution in [2.75, 3.05) is 11.5 Å². The van der Waals surface area contributed by atoms with Gasteiger partial charge in [0.1, 0.15) is 22.0 Å². The predicted molar refractivity (Wildman–Crippen MR) is 127 cm³/mol. The third-order valence-corrected chi connectivity index (χ3v) is 6.18. The van der Waals surface area contributed by atoms with Crippen molar-refractivity contribution in [1.82, 2.24) is 5.32 Å². The number of anilines is 1. The maximum atomic E-state index is 13.1. The molecular formula is C25H20N2O7S. The molecule has 0 bridgehead atoms. The van der Waals surface area contributed by atoms with Gasteiger partial charge in [-0.25, -0.2) is 9.69 Å². The van der Waals surface area contributed by atoms with Crippen LogP contribution in [0.25, 0.3) is 6.08 Å². The number of ether oxygens (including phenoxy) is 1. The molecule has 0 aromatic heterocycles. The van der Waals surface area contributed by atoms with Gasteiger partial charge in [-0.2, -0.15) is 8.42 Å². The Morgan fingerprint density at radius 1 is 0.886 bits per heavy atom. The van der Waals surface area contributed by atoms with Crippen molar-refractivity contribution in [3.63, 3.8) is 0 Å². The van der Waals surface area contributed by atoms with Crippen LogP contribution in [-0.4, -0.2) is 32.9 Å². The van der Waals surface area contributed by atoms with Crippen LogP contribution < -0.4 is 19.1 Å². The highest BCUT2D eigenvalue weighted by molar-refractivity contribution is 7.87. The molecule has 4 amide bonds. The van der Waals surface area contributed by atoms with E-state index < -0.39 is 28.0 Å². The molecule has 0 aliphatic carbocycles. The van der Waals surface area contributed by atoms with Crippen LogP contribution in [0.2, 0.25) is 0 Å². The van der Waals surface area contributed by atoms with Crippen LogP contribution in [0.1, 0.15) is 12.5 Å². The zero-order chi connectivity index (χ0) is 25.0. The number of barbiturate groups is 1. The molecule has 178 valence electrons. The molecule has 0 atom stereocenters. The molecular weight excluding hydrogens is 472 g/mol. The molecule has 0 spiro atoms. The van der Waals surface area contributed by atoms with Gasteiger partial charge in [0.05, 0.1) is 12.3 Å². The highest BCUT2D eigenvalue weighted by Gasteiger charge is 2.36. The Morgan fingerprint density at radius 3 is 2.29 bits per heavy atom. The molecule has 35 heavy (non-hydrogen) atoms. The molecule has 1 saturated heterocycles. The van der Waals surface area contributed by atoms with Crippen LogP contribution in [0.5, 0.6) is 11.5 Å². The summed E-state index contributed by atoms with van der Waals surface area (Å²) >= 11 is 0. The van der Waals surface area contributed by atoms with Crippen molar-refractivity contribution in [2.45, 2.75) is 11.8 Å². The van der Waals surface area contributed by atoms with E-state index in [-0.39, 0.29) is 21.9 Å². The minimum absolute atomic E-state index is 0.00804. The van der Waals surface area contributed by atoms with Crippen LogP contribution in [0, 0.1) is 0 Å². The van der Waals surface area contributed by atoms with Gasteiger partial charge in [0, 0.05) is 0 Å². The number of urea groups is 1. The average Bonchev–Trinajstić information content (AvgIpc) is 2.83. The van der Waals surface area contributed by atoms with E-state index in [0.717, 1.165) is 4.90 Å². The number of hydrogen-bond acceptors (Lipinski definition) is 7. The number of carbonyl (C=O) groups excluding carboxylic acids is 3. The molecule has 0 saturated carbocycles. The highest BCUT2D eigenvalue weighted by Crippen LogP contribution is 2.26. The van der Waals surface area contributed by atoms with E-state index in [2.05, 4.69) is 5.32 Å². The summed E-state index contributed by atoms with van der Waals surface area (Å²) in [5, 5.41) is 2.14. The first-order valence-corrected chi connectivity index (χ1v) is 11.9. The fourth-order valence-corrected chi connectivity index (χ4v) is 4.28. The van der Waals surface area contributed by atoms with Crippen molar-refractivity contribution in [1.29, 1.82) is 0 Å². The summed E-state index contributed by atoms with van der Waals surface area (Å²) in [7, 11) is -4.07. The molecule has 10 heteroatoms. The molecule has 4 rings (SSSR count). The molecule has 0 unspecified atom stereocenters. The smallest absolute Gasteiger partial charge is 0.339 e. The SMILES string of the molecule is CCOc1ccc(N2C(=O)NC(=O)/C(=C/c3cccc(OS(=O)(=O)c4ccccc4)c3)C2=O)cc1. The first kappa shape index (κ1) is 23.7. The lowest BCUT2D eigenvalue weighted by molar-refractivity contribution is -0.122. The van der Waals surface area contributed by atoms with E-state index in [0.29, 0.717) is 17.9 Å². The van der Waals surface area contributed by atoms with Gasteiger partial charge in [-0.3, -0.25) is 14.9 Å². The van der Waals surface area contributed by atoms with E-state index in [9.17, 15) is 22.8 Å². The summed E-state index contributed by atoms with van der Waals surface area (Å²) in [5.41, 5.74) is 0.271. The Hall–Kier alpha value is -4.44. The highest BCUT2D eigenvalue weighted by atomic mass is 32.2. The van der Waals surface area contributed by atoms with Crippen LogP contribution >= 0.6 is 0 Å². The van der Waals surface area contributed by atoms with Crippen LogP contribution in [0.4, 0.5) is 10.5 Å². The summed E-state index contributed by atoms with van der Waals surface area (Å²) in [6.45, 7) is 2.29. The third-order valence-electron chi connectivity index (χ3n) is 4.91. The van der Waals surface area contributed by atoms with Crippen molar-refractivity contribution < 1.29 is 31.7 Å². The number of amides is 4. The number of rotatable bonds is 7. The molecule has 1 aliphatic heterocycles. The van der Waals surface area contributed by atoms with Crippen molar-refractivity contribution in [3.05, 3.63) is 90.0 Å². The molecule has 9 nitrogen and oxygen atoms in total. The maximum Gasteiger partial charge on any atom is 0.339 e. The summed E-state index contributed by atoms with van der Waals surface area (Å²) < 4.78 is 35.6. The standard InChI is InChI=1S/C25H20N2O7S/c1-2-33-19-13-11-18(12-14-19)27-24(29)22(23(28)26-25(27)30)16-17-7-6-8-20(15-17)34-35(31,32)21-9-4-3-5-10-21/h3-16H,2H2,1H3,(H,26,28,30)/b22-16-. The summed E-state index contributed by atoms with van der Waals surface area (Å²) in [6, 6.07) is 18.9. The quantitative estimate of drug-likeness (QED) is 0.304. The lowest BCUT2D eigenvalue weighted by Crippen LogP contribution is -2.54. The normalized spacial score (nSPS) is 15.2.